The third-order valence-electron chi connectivity index (χ3n) is 19.8. The van der Waals surface area contributed by atoms with Gasteiger partial charge in [0.15, 0.2) is 6.10 Å². The zero-order valence-electron chi connectivity index (χ0n) is 66.2. The van der Waals surface area contributed by atoms with Crippen LogP contribution in [0.5, 0.6) is 0 Å². The second-order valence-electron chi connectivity index (χ2n) is 30.8. The Bertz CT molecular complexity index is 1750. The number of carboxylic acid groups (broad SMARTS) is 1. The van der Waals surface area contributed by atoms with Crippen LogP contribution in [0, 0.1) is 0 Å². The van der Waals surface area contributed by atoms with E-state index in [1.165, 1.54) is 353 Å². The molecule has 0 saturated carbocycles. The van der Waals surface area contributed by atoms with Crippen LogP contribution in [0.2, 0.25) is 0 Å². The Morgan fingerprint density at radius 1 is 0.316 bits per heavy atom. The molecule has 0 spiro atoms. The molecule has 0 saturated heterocycles. The van der Waals surface area contributed by atoms with Crippen molar-refractivity contribution < 1.29 is 42.9 Å². The first-order chi connectivity index (χ1) is 48.1. The molecular weight excluding hydrogens is 1210 g/mol. The maximum Gasteiger partial charge on any atom is 0.361 e. The van der Waals surface area contributed by atoms with Crippen LogP contribution in [0.3, 0.4) is 0 Å². The highest BCUT2D eigenvalue weighted by Crippen LogP contribution is 2.21. The van der Waals surface area contributed by atoms with E-state index < -0.39 is 18.4 Å². The molecule has 0 amide bonds. The van der Waals surface area contributed by atoms with E-state index in [0.29, 0.717) is 17.4 Å². The highest BCUT2D eigenvalue weighted by Gasteiger charge is 2.25. The number of esters is 2. The van der Waals surface area contributed by atoms with Gasteiger partial charge in [0, 0.05) is 12.8 Å². The number of quaternary nitrogens is 1. The third kappa shape index (κ3) is 80.6. The summed E-state index contributed by atoms with van der Waals surface area (Å²) in [7, 11) is 6.00. The molecule has 0 aromatic carbocycles. The Morgan fingerprint density at radius 3 is 0.867 bits per heavy atom. The SMILES string of the molecule is CC/C=C\C/C=C\C/C=C\C/C=C\CCCCCCCCCCCCCCCCCCCCCCCCC(=O)OC(COC(=O)CCCCCCCCCCCCCCCCCCCCCCCCCCCCCCCCCCCCCCCC)COC(OCC[N+](C)(C)C)C(=O)O. The van der Waals surface area contributed by atoms with Gasteiger partial charge < -0.3 is 28.5 Å². The first-order valence-electron chi connectivity index (χ1n) is 43.3. The molecule has 0 aromatic rings. The second kappa shape index (κ2) is 79.9. The molecule has 0 heterocycles. The summed E-state index contributed by atoms with van der Waals surface area (Å²) in [6.45, 7) is 4.85. The van der Waals surface area contributed by atoms with E-state index in [9.17, 15) is 19.5 Å². The Hall–Kier alpha value is -2.75. The highest BCUT2D eigenvalue weighted by atomic mass is 16.7. The standard InChI is InChI=1S/C89H167NO8/c1-6-8-10-12-14-16-18-20-22-24-26-28-30-32-34-36-38-40-42-43-44-46-47-49-51-53-55-57-59-61-63-65-67-69-71-73-75-77-79-86(91)96-83-85(84-97-89(88(93)94)95-82-81-90(3,4)5)98-87(92)80-78-76-74-72-70-68-66-64-62-60-58-56-54-52-50-48-45-41-39-37-35-33-31-29-27-25-23-21-19-17-15-13-11-9-7-2/h9,11,15,17,21,23,27,29,85,89H,6-8,10,12-14,16,18-20,22,24-26,28,30-84H2,1-5H3/p+1/b11-9-,17-15-,23-21-,29-27-. The third-order valence-corrected chi connectivity index (χ3v) is 19.8. The van der Waals surface area contributed by atoms with E-state index in [2.05, 4.69) is 62.5 Å². The van der Waals surface area contributed by atoms with E-state index in [4.69, 9.17) is 18.9 Å². The lowest BCUT2D eigenvalue weighted by Crippen LogP contribution is -2.40. The smallest absolute Gasteiger partial charge is 0.361 e. The molecule has 0 bridgehead atoms. The van der Waals surface area contributed by atoms with Gasteiger partial charge in [-0.2, -0.15) is 0 Å². The van der Waals surface area contributed by atoms with Gasteiger partial charge in [0.2, 0.25) is 0 Å². The molecule has 2 atom stereocenters. The first kappa shape index (κ1) is 95.2. The van der Waals surface area contributed by atoms with Crippen LogP contribution < -0.4 is 0 Å². The number of hydrogen-bond donors (Lipinski definition) is 1. The summed E-state index contributed by atoms with van der Waals surface area (Å²) in [6.07, 6.45) is 103. The van der Waals surface area contributed by atoms with Crippen molar-refractivity contribution in [2.45, 2.75) is 456 Å². The Balaban J connectivity index is 3.91. The van der Waals surface area contributed by atoms with Crippen molar-refractivity contribution in [2.75, 3.05) is 47.5 Å². The number of hydrogen-bond acceptors (Lipinski definition) is 7. The quantitative estimate of drug-likeness (QED) is 0.0211. The van der Waals surface area contributed by atoms with Crippen molar-refractivity contribution in [3.8, 4) is 0 Å². The van der Waals surface area contributed by atoms with Gasteiger partial charge >= 0.3 is 17.9 Å². The summed E-state index contributed by atoms with van der Waals surface area (Å²) < 4.78 is 23.1. The van der Waals surface area contributed by atoms with E-state index >= 15 is 0 Å². The molecule has 9 heteroatoms. The lowest BCUT2D eigenvalue weighted by molar-refractivity contribution is -0.870. The Kier molecular flexibility index (Phi) is 77.7. The van der Waals surface area contributed by atoms with Gasteiger partial charge in [-0.05, 0) is 51.4 Å². The van der Waals surface area contributed by atoms with Crippen LogP contribution in [0.15, 0.2) is 48.6 Å². The van der Waals surface area contributed by atoms with Gasteiger partial charge in [-0.25, -0.2) is 4.79 Å². The van der Waals surface area contributed by atoms with Gasteiger partial charge in [-0.1, -0.05) is 428 Å². The summed E-state index contributed by atoms with van der Waals surface area (Å²) in [5, 5.41) is 9.79. The van der Waals surface area contributed by atoms with Gasteiger partial charge in [-0.3, -0.25) is 9.59 Å². The van der Waals surface area contributed by atoms with E-state index in [1.807, 2.05) is 21.1 Å². The zero-order chi connectivity index (χ0) is 71.1. The molecule has 1 N–H and O–H groups in total. The summed E-state index contributed by atoms with van der Waals surface area (Å²) in [6, 6.07) is 0. The molecule has 2 unspecified atom stereocenters. The number of nitrogens with zero attached hydrogens (tertiary/aromatic N) is 1. The zero-order valence-corrected chi connectivity index (χ0v) is 66.2. The summed E-state index contributed by atoms with van der Waals surface area (Å²) in [5.41, 5.74) is 0. The van der Waals surface area contributed by atoms with Crippen LogP contribution in [0.1, 0.15) is 444 Å². The lowest BCUT2D eigenvalue weighted by Gasteiger charge is -2.25. The molecule has 0 rings (SSSR count). The molecule has 9 nitrogen and oxygen atoms in total. The molecule has 0 fully saturated rings. The van der Waals surface area contributed by atoms with Crippen molar-refractivity contribution in [3.63, 3.8) is 0 Å². The van der Waals surface area contributed by atoms with Crippen molar-refractivity contribution in [3.05, 3.63) is 48.6 Å². The number of allylic oxidation sites excluding steroid dienone is 8. The van der Waals surface area contributed by atoms with Gasteiger partial charge in [0.05, 0.1) is 34.4 Å². The van der Waals surface area contributed by atoms with E-state index in [0.717, 1.165) is 64.2 Å². The Labute approximate surface area is 610 Å². The molecule has 0 aliphatic heterocycles. The predicted octanol–water partition coefficient (Wildman–Crippen LogP) is 28.0. The van der Waals surface area contributed by atoms with Crippen molar-refractivity contribution in [1.29, 1.82) is 0 Å². The molecule has 0 aliphatic rings. The van der Waals surface area contributed by atoms with Gasteiger partial charge in [0.25, 0.3) is 6.29 Å². The molecular formula is C89H168NO8+. The number of carbonyl (C=O) groups is 3. The van der Waals surface area contributed by atoms with Crippen molar-refractivity contribution in [2.24, 2.45) is 0 Å². The summed E-state index contributed by atoms with van der Waals surface area (Å²) in [5.74, 6) is -1.97. The number of carbonyl (C=O) groups excluding carboxylic acids is 2. The largest absolute Gasteiger partial charge is 0.477 e. The van der Waals surface area contributed by atoms with Crippen LogP contribution in [0.4, 0.5) is 0 Å². The number of ether oxygens (including phenoxy) is 4. The summed E-state index contributed by atoms with van der Waals surface area (Å²) >= 11 is 0. The number of carboxylic acids is 1. The van der Waals surface area contributed by atoms with Gasteiger partial charge in [-0.15, -0.1) is 0 Å². The highest BCUT2D eigenvalue weighted by molar-refractivity contribution is 5.71. The average Bonchev–Trinajstić information content (AvgIpc) is 1.34. The minimum Gasteiger partial charge on any atom is -0.477 e. The topological polar surface area (TPSA) is 108 Å². The fraction of sp³-hybridized carbons (Fsp3) is 0.876. The van der Waals surface area contributed by atoms with Crippen molar-refractivity contribution in [1.82, 2.24) is 0 Å². The average molecular weight is 1380 g/mol. The molecule has 0 radical (unpaired) electrons. The number of likely N-dealkylation sites (N-methyl/N-ethyl adjacent to an activating group) is 1. The van der Waals surface area contributed by atoms with Crippen LogP contribution >= 0.6 is 0 Å². The fourth-order valence-corrected chi connectivity index (χ4v) is 13.3. The minimum atomic E-state index is -1.51. The molecule has 98 heavy (non-hydrogen) atoms. The van der Waals surface area contributed by atoms with E-state index in [1.54, 1.807) is 0 Å². The van der Waals surface area contributed by atoms with Crippen LogP contribution in [-0.2, 0) is 33.3 Å². The predicted molar refractivity (Wildman–Crippen MR) is 424 cm³/mol. The monoisotopic (exact) mass is 1380 g/mol. The Morgan fingerprint density at radius 2 is 0.582 bits per heavy atom. The normalized spacial score (nSPS) is 12.8. The van der Waals surface area contributed by atoms with Crippen molar-refractivity contribution >= 4 is 17.9 Å². The van der Waals surface area contributed by atoms with Crippen LogP contribution in [0.25, 0.3) is 0 Å². The number of rotatable bonds is 82. The maximum absolute atomic E-state index is 13.0. The minimum absolute atomic E-state index is 0.175. The fourth-order valence-electron chi connectivity index (χ4n) is 13.3. The molecule has 576 valence electrons. The maximum atomic E-state index is 13.0. The van der Waals surface area contributed by atoms with Crippen LogP contribution in [-0.4, -0.2) is 87.4 Å². The lowest BCUT2D eigenvalue weighted by atomic mass is 10.0. The van der Waals surface area contributed by atoms with E-state index in [-0.39, 0.29) is 38.2 Å². The number of aliphatic carboxylic acids is 1. The second-order valence-corrected chi connectivity index (χ2v) is 30.8. The molecule has 0 aromatic heterocycles. The number of unbranched alkanes of at least 4 members (excludes halogenated alkanes) is 59. The summed E-state index contributed by atoms with van der Waals surface area (Å²) in [4.78, 5) is 37.8. The molecule has 0 aliphatic carbocycles. The first-order valence-corrected chi connectivity index (χ1v) is 43.3. The van der Waals surface area contributed by atoms with Gasteiger partial charge in [0.1, 0.15) is 13.2 Å².